The highest BCUT2D eigenvalue weighted by atomic mass is 19.1. The van der Waals surface area contributed by atoms with Crippen molar-refractivity contribution < 1.29 is 14.2 Å². The first-order valence-corrected chi connectivity index (χ1v) is 5.37. The molecule has 0 amide bonds. The molecular weight excluding hydrogens is 207 g/mol. The predicted octanol–water partition coefficient (Wildman–Crippen LogP) is 2.98. The first-order chi connectivity index (χ1) is 7.29. The molecule has 0 aromatic heterocycles. The van der Waals surface area contributed by atoms with Gasteiger partial charge in [0.25, 0.3) is 0 Å². The van der Waals surface area contributed by atoms with Gasteiger partial charge in [0.15, 0.2) is 0 Å². The molecule has 0 aliphatic heterocycles. The molecule has 0 aliphatic carbocycles. The first kappa shape index (κ1) is 13.1. The quantitative estimate of drug-likeness (QED) is 0.858. The molecule has 1 N–H and O–H groups in total. The number of ether oxygens (including phenoxy) is 1. The minimum atomic E-state index is -0.710. The molecule has 0 bridgehead atoms. The lowest BCUT2D eigenvalue weighted by atomic mass is 10.1. The van der Waals surface area contributed by atoms with Crippen LogP contribution in [-0.4, -0.2) is 17.3 Å². The Balaban J connectivity index is 2.66. The highest BCUT2D eigenvalue weighted by molar-refractivity contribution is 5.25. The van der Waals surface area contributed by atoms with E-state index in [0.717, 1.165) is 0 Å². The van der Waals surface area contributed by atoms with Crippen LogP contribution in [0.5, 0.6) is 0 Å². The summed E-state index contributed by atoms with van der Waals surface area (Å²) < 4.78 is 18.5. The van der Waals surface area contributed by atoms with Gasteiger partial charge in [-0.25, -0.2) is 4.39 Å². The van der Waals surface area contributed by atoms with E-state index in [0.29, 0.717) is 11.1 Å². The normalized spacial score (nSPS) is 13.9. The Kier molecular flexibility index (Phi) is 4.05. The van der Waals surface area contributed by atoms with Crippen molar-refractivity contribution in [3.63, 3.8) is 0 Å². The minimum absolute atomic E-state index is 0.217. The second-order valence-electron chi connectivity index (χ2n) is 4.95. The summed E-state index contributed by atoms with van der Waals surface area (Å²) in [4.78, 5) is 0. The van der Waals surface area contributed by atoms with Gasteiger partial charge < -0.3 is 9.84 Å². The number of aryl methyl sites for hydroxylation is 1. The van der Waals surface area contributed by atoms with Crippen LogP contribution >= 0.6 is 0 Å². The molecule has 0 fully saturated rings. The Hall–Kier alpha value is -0.930. The molecule has 90 valence electrons. The van der Waals surface area contributed by atoms with Crippen LogP contribution in [0.2, 0.25) is 0 Å². The van der Waals surface area contributed by atoms with Crippen molar-refractivity contribution in [2.45, 2.75) is 39.4 Å². The third-order valence-corrected chi connectivity index (χ3v) is 2.24. The first-order valence-electron chi connectivity index (χ1n) is 5.37. The van der Waals surface area contributed by atoms with E-state index in [1.54, 1.807) is 19.1 Å². The molecule has 0 saturated heterocycles. The van der Waals surface area contributed by atoms with E-state index in [1.807, 2.05) is 20.8 Å². The zero-order chi connectivity index (χ0) is 12.3. The molecule has 1 unspecified atom stereocenters. The lowest BCUT2D eigenvalue weighted by Gasteiger charge is -2.22. The maximum absolute atomic E-state index is 13.0. The van der Waals surface area contributed by atoms with E-state index in [4.69, 9.17) is 4.74 Å². The van der Waals surface area contributed by atoms with Gasteiger partial charge in [-0.05, 0) is 44.9 Å². The number of aliphatic hydroxyl groups is 1. The highest BCUT2D eigenvalue weighted by Crippen LogP contribution is 2.19. The van der Waals surface area contributed by atoms with Gasteiger partial charge in [-0.15, -0.1) is 0 Å². The molecule has 2 nitrogen and oxygen atoms in total. The van der Waals surface area contributed by atoms with Gasteiger partial charge in [0.05, 0.1) is 12.2 Å². The number of benzene rings is 1. The summed E-state index contributed by atoms with van der Waals surface area (Å²) in [6, 6.07) is 4.59. The number of halogens is 1. The summed E-state index contributed by atoms with van der Waals surface area (Å²) >= 11 is 0. The average molecular weight is 226 g/mol. The van der Waals surface area contributed by atoms with Gasteiger partial charge in [0.1, 0.15) is 11.9 Å². The Morgan fingerprint density at radius 2 is 2.00 bits per heavy atom. The van der Waals surface area contributed by atoms with Crippen molar-refractivity contribution in [3.05, 3.63) is 35.1 Å². The van der Waals surface area contributed by atoms with Crippen LogP contribution < -0.4 is 0 Å². The molecular formula is C13H19FO2. The SMILES string of the molecule is Cc1cc(C(O)COC(C)(C)C)ccc1F. The zero-order valence-electron chi connectivity index (χ0n) is 10.2. The van der Waals surface area contributed by atoms with E-state index in [2.05, 4.69) is 0 Å². The van der Waals surface area contributed by atoms with Crippen molar-refractivity contribution in [2.75, 3.05) is 6.61 Å². The Bertz CT molecular complexity index is 355. The van der Waals surface area contributed by atoms with E-state index >= 15 is 0 Å². The molecule has 16 heavy (non-hydrogen) atoms. The van der Waals surface area contributed by atoms with Gasteiger partial charge in [-0.2, -0.15) is 0 Å². The fourth-order valence-electron chi connectivity index (χ4n) is 1.30. The minimum Gasteiger partial charge on any atom is -0.386 e. The number of rotatable bonds is 3. The molecule has 0 radical (unpaired) electrons. The third-order valence-electron chi connectivity index (χ3n) is 2.24. The van der Waals surface area contributed by atoms with Crippen molar-refractivity contribution in [1.29, 1.82) is 0 Å². The third kappa shape index (κ3) is 3.91. The fourth-order valence-corrected chi connectivity index (χ4v) is 1.30. The standard InChI is InChI=1S/C13H19FO2/c1-9-7-10(5-6-11(9)14)12(15)8-16-13(2,3)4/h5-7,12,15H,8H2,1-4H3. The van der Waals surface area contributed by atoms with Gasteiger partial charge in [0, 0.05) is 0 Å². The summed E-state index contributed by atoms with van der Waals surface area (Å²) in [7, 11) is 0. The average Bonchev–Trinajstić information content (AvgIpc) is 2.17. The summed E-state index contributed by atoms with van der Waals surface area (Å²) in [5.41, 5.74) is 0.936. The molecule has 0 heterocycles. The van der Waals surface area contributed by atoms with E-state index in [9.17, 15) is 9.50 Å². The molecule has 1 aromatic rings. The van der Waals surface area contributed by atoms with Crippen LogP contribution in [-0.2, 0) is 4.74 Å². The summed E-state index contributed by atoms with van der Waals surface area (Å²) in [6.45, 7) is 7.67. The second-order valence-corrected chi connectivity index (χ2v) is 4.95. The lowest BCUT2D eigenvalue weighted by Crippen LogP contribution is -2.22. The Morgan fingerprint density at radius 1 is 1.38 bits per heavy atom. The molecule has 3 heteroatoms. The Morgan fingerprint density at radius 3 is 2.50 bits per heavy atom. The van der Waals surface area contributed by atoms with Crippen LogP contribution in [0.1, 0.15) is 38.0 Å². The smallest absolute Gasteiger partial charge is 0.126 e. The van der Waals surface area contributed by atoms with Crippen LogP contribution in [0.4, 0.5) is 4.39 Å². The van der Waals surface area contributed by atoms with Crippen molar-refractivity contribution in [1.82, 2.24) is 0 Å². The van der Waals surface area contributed by atoms with Crippen LogP contribution in [0.25, 0.3) is 0 Å². The van der Waals surface area contributed by atoms with Crippen LogP contribution in [0, 0.1) is 12.7 Å². The lowest BCUT2D eigenvalue weighted by molar-refractivity contribution is -0.0496. The van der Waals surface area contributed by atoms with Crippen LogP contribution in [0.3, 0.4) is 0 Å². The maximum atomic E-state index is 13.0. The van der Waals surface area contributed by atoms with E-state index < -0.39 is 6.10 Å². The fraction of sp³-hybridized carbons (Fsp3) is 0.538. The second kappa shape index (κ2) is 4.93. The Labute approximate surface area is 96.1 Å². The largest absolute Gasteiger partial charge is 0.386 e. The van der Waals surface area contributed by atoms with E-state index in [-0.39, 0.29) is 18.0 Å². The molecule has 0 saturated carbocycles. The molecule has 1 atom stereocenters. The monoisotopic (exact) mass is 226 g/mol. The van der Waals surface area contributed by atoms with E-state index in [1.165, 1.54) is 6.07 Å². The van der Waals surface area contributed by atoms with Crippen molar-refractivity contribution in [2.24, 2.45) is 0 Å². The van der Waals surface area contributed by atoms with Gasteiger partial charge in [-0.3, -0.25) is 0 Å². The van der Waals surface area contributed by atoms with Crippen LogP contribution in [0.15, 0.2) is 18.2 Å². The molecule has 0 aliphatic rings. The molecule has 1 aromatic carbocycles. The van der Waals surface area contributed by atoms with Crippen molar-refractivity contribution in [3.8, 4) is 0 Å². The summed E-state index contributed by atoms with van der Waals surface area (Å²) in [5, 5.41) is 9.85. The number of hydrogen-bond donors (Lipinski definition) is 1. The predicted molar refractivity (Wildman–Crippen MR) is 61.8 cm³/mol. The topological polar surface area (TPSA) is 29.5 Å². The number of hydrogen-bond acceptors (Lipinski definition) is 2. The zero-order valence-corrected chi connectivity index (χ0v) is 10.2. The maximum Gasteiger partial charge on any atom is 0.126 e. The van der Waals surface area contributed by atoms with Gasteiger partial charge in [-0.1, -0.05) is 12.1 Å². The highest BCUT2D eigenvalue weighted by Gasteiger charge is 2.15. The number of aliphatic hydroxyl groups excluding tert-OH is 1. The molecule has 1 rings (SSSR count). The van der Waals surface area contributed by atoms with Gasteiger partial charge >= 0.3 is 0 Å². The summed E-state index contributed by atoms with van der Waals surface area (Å²) in [6.07, 6.45) is -0.710. The summed E-state index contributed by atoms with van der Waals surface area (Å²) in [5.74, 6) is -0.257. The van der Waals surface area contributed by atoms with Crippen molar-refractivity contribution >= 4 is 0 Å². The molecule has 0 spiro atoms. The van der Waals surface area contributed by atoms with Gasteiger partial charge in [0.2, 0.25) is 0 Å².